The second-order valence-electron chi connectivity index (χ2n) is 8.07. The van der Waals surface area contributed by atoms with E-state index < -0.39 is 11.6 Å². The van der Waals surface area contributed by atoms with Crippen LogP contribution < -0.4 is 26.3 Å². The Morgan fingerprint density at radius 1 is 1.39 bits per heavy atom. The van der Waals surface area contributed by atoms with Crippen molar-refractivity contribution in [3.05, 3.63) is 70.3 Å². The Kier molecular flexibility index (Phi) is 6.28. The van der Waals surface area contributed by atoms with Crippen LogP contribution in [0.3, 0.4) is 0 Å². The number of allylic oxidation sites excluding steroid dienone is 1. The number of nitrogens with zero attached hydrogens (tertiary/aromatic N) is 2. The molecule has 8 nitrogen and oxygen atoms in total. The lowest BCUT2D eigenvalue weighted by Gasteiger charge is -2.34. The summed E-state index contributed by atoms with van der Waals surface area (Å²) in [5.74, 6) is -0.711. The van der Waals surface area contributed by atoms with E-state index >= 15 is 0 Å². The number of rotatable bonds is 6. The molecule has 4 rings (SSSR count). The molecule has 2 aliphatic heterocycles. The molecule has 0 spiro atoms. The highest BCUT2D eigenvalue weighted by atomic mass is 19.1. The molecular formula is C23H27F2N5O3. The largest absolute Gasteiger partial charge is 0.493 e. The number of fused-ring (bicyclic) bond motifs is 1. The molecule has 0 amide bonds. The first-order valence-corrected chi connectivity index (χ1v) is 10.6. The van der Waals surface area contributed by atoms with Crippen molar-refractivity contribution in [2.75, 3.05) is 20.2 Å². The quantitative estimate of drug-likeness (QED) is 0.516. The van der Waals surface area contributed by atoms with E-state index in [0.29, 0.717) is 53.4 Å². The van der Waals surface area contributed by atoms with Gasteiger partial charge in [0.15, 0.2) is 17.4 Å². The highest BCUT2D eigenvalue weighted by Crippen LogP contribution is 2.33. The summed E-state index contributed by atoms with van der Waals surface area (Å²) in [6, 6.07) is 4.56. The van der Waals surface area contributed by atoms with Gasteiger partial charge < -0.3 is 36.3 Å². The normalized spacial score (nSPS) is 20.5. The van der Waals surface area contributed by atoms with Gasteiger partial charge in [0.25, 0.3) is 5.88 Å². The second-order valence-corrected chi connectivity index (χ2v) is 8.07. The molecule has 0 aliphatic carbocycles. The molecule has 1 saturated heterocycles. The maximum absolute atomic E-state index is 14.7. The third-order valence-electron chi connectivity index (χ3n) is 6.05. The fraction of sp³-hybridized carbons (Fsp3) is 0.348. The number of aliphatic hydroxyl groups excluding tert-OH is 1. The number of ether oxygens (including phenoxy) is 2. The average Bonchev–Trinajstić information content (AvgIpc) is 3.21. The number of benzene rings is 1. The zero-order valence-electron chi connectivity index (χ0n) is 18.4. The predicted octanol–water partition coefficient (Wildman–Crippen LogP) is 1.72. The van der Waals surface area contributed by atoms with Crippen LogP contribution in [-0.2, 0) is 6.61 Å². The fourth-order valence-corrected chi connectivity index (χ4v) is 4.24. The molecule has 0 bridgehead atoms. The average molecular weight is 459 g/mol. The molecule has 2 aromatic rings. The molecular weight excluding hydrogens is 432 g/mol. The van der Waals surface area contributed by atoms with Gasteiger partial charge in [0.2, 0.25) is 0 Å². The van der Waals surface area contributed by atoms with Crippen molar-refractivity contribution in [2.45, 2.75) is 32.1 Å². The third-order valence-corrected chi connectivity index (χ3v) is 6.05. The van der Waals surface area contributed by atoms with Gasteiger partial charge in [-0.15, -0.1) is 0 Å². The molecule has 10 heteroatoms. The summed E-state index contributed by atoms with van der Waals surface area (Å²) in [4.78, 5) is 6.07. The monoisotopic (exact) mass is 459 g/mol. The Hall–Kier alpha value is -3.53. The van der Waals surface area contributed by atoms with E-state index in [0.717, 1.165) is 0 Å². The summed E-state index contributed by atoms with van der Waals surface area (Å²) < 4.78 is 39.8. The number of hydrogen-bond acceptors (Lipinski definition) is 8. The van der Waals surface area contributed by atoms with E-state index in [1.54, 1.807) is 25.1 Å². The van der Waals surface area contributed by atoms with Crippen LogP contribution in [0.4, 0.5) is 8.78 Å². The molecule has 2 atom stereocenters. The van der Waals surface area contributed by atoms with Crippen molar-refractivity contribution in [3.8, 4) is 11.6 Å². The number of aromatic nitrogens is 1. The third kappa shape index (κ3) is 4.25. The number of pyridine rings is 1. The van der Waals surface area contributed by atoms with Crippen LogP contribution in [-0.4, -0.2) is 47.3 Å². The van der Waals surface area contributed by atoms with Crippen LogP contribution in [0.5, 0.6) is 11.6 Å². The number of aliphatic hydroxyl groups is 1. The summed E-state index contributed by atoms with van der Waals surface area (Å²) in [6.45, 7) is 2.31. The van der Waals surface area contributed by atoms with Crippen LogP contribution in [0.2, 0.25) is 0 Å². The lowest BCUT2D eigenvalue weighted by molar-refractivity contribution is 0.191. The minimum absolute atomic E-state index is 0.0385. The Morgan fingerprint density at radius 3 is 2.91 bits per heavy atom. The molecule has 2 aliphatic rings. The van der Waals surface area contributed by atoms with Gasteiger partial charge in [-0.1, -0.05) is 6.07 Å². The van der Waals surface area contributed by atoms with E-state index in [2.05, 4.69) is 10.3 Å². The van der Waals surface area contributed by atoms with E-state index in [-0.39, 0.29) is 30.4 Å². The van der Waals surface area contributed by atoms with E-state index in [1.807, 2.05) is 4.90 Å². The van der Waals surface area contributed by atoms with Gasteiger partial charge in [-0.25, -0.2) is 13.8 Å². The Balaban J connectivity index is 1.57. The number of nitrogens with two attached hydrogens (primary N) is 2. The van der Waals surface area contributed by atoms with Gasteiger partial charge in [0.05, 0.1) is 32.0 Å². The van der Waals surface area contributed by atoms with Crippen molar-refractivity contribution in [1.29, 1.82) is 0 Å². The number of para-hydroxylation sites is 1. The standard InChI is InChI=1S/C23H27F2N5O3/c1-12-13(11-31)8-29-23(20(12)25)33-15-6-14-9-28-22(27)19(30(14)10-15)7-18(26)16-4-3-5-17(24)21(16)32-2/h3-5,7-8,14-15,28,31H,6,9-11,26-27H2,1-2H3/b18-7-. The molecule has 1 aromatic heterocycles. The SMILES string of the molecule is COc1c(F)cccc1/C(N)=C/C1=C(N)NCC2CC(Oc3ncc(CO)c(C)c3F)CN12. The maximum atomic E-state index is 14.7. The number of hydrogen-bond donors (Lipinski definition) is 4. The van der Waals surface area contributed by atoms with Crippen LogP contribution in [0, 0.1) is 18.6 Å². The first-order valence-electron chi connectivity index (χ1n) is 10.6. The second kappa shape index (κ2) is 9.14. The maximum Gasteiger partial charge on any atom is 0.251 e. The van der Waals surface area contributed by atoms with Crippen molar-refractivity contribution in [3.63, 3.8) is 0 Å². The fourth-order valence-electron chi connectivity index (χ4n) is 4.24. The molecule has 1 aromatic carbocycles. The lowest BCUT2D eigenvalue weighted by atomic mass is 10.1. The van der Waals surface area contributed by atoms with E-state index in [4.69, 9.17) is 20.9 Å². The van der Waals surface area contributed by atoms with Gasteiger partial charge >= 0.3 is 0 Å². The van der Waals surface area contributed by atoms with E-state index in [9.17, 15) is 13.9 Å². The Morgan fingerprint density at radius 2 is 2.18 bits per heavy atom. The zero-order chi connectivity index (χ0) is 23.7. The van der Waals surface area contributed by atoms with Crippen molar-refractivity contribution in [1.82, 2.24) is 15.2 Å². The molecule has 3 heterocycles. The highest BCUT2D eigenvalue weighted by Gasteiger charge is 2.38. The molecule has 0 radical (unpaired) electrons. The minimum atomic E-state index is -0.581. The van der Waals surface area contributed by atoms with Gasteiger partial charge in [0, 0.05) is 36.0 Å². The van der Waals surface area contributed by atoms with Gasteiger partial charge in [-0.2, -0.15) is 0 Å². The molecule has 33 heavy (non-hydrogen) atoms. The molecule has 2 unspecified atom stereocenters. The molecule has 6 N–H and O–H groups in total. The van der Waals surface area contributed by atoms with Gasteiger partial charge in [-0.05, 0) is 30.7 Å². The summed E-state index contributed by atoms with van der Waals surface area (Å²) in [6.07, 6.45) is 3.37. The smallest absolute Gasteiger partial charge is 0.251 e. The van der Waals surface area contributed by atoms with Crippen molar-refractivity contribution in [2.24, 2.45) is 11.5 Å². The molecule has 0 saturated carbocycles. The topological polar surface area (TPSA) is 119 Å². The van der Waals surface area contributed by atoms with Crippen LogP contribution in [0.25, 0.3) is 5.70 Å². The lowest BCUT2D eigenvalue weighted by Crippen LogP contribution is -2.45. The molecule has 176 valence electrons. The first-order chi connectivity index (χ1) is 15.8. The minimum Gasteiger partial charge on any atom is -0.493 e. The van der Waals surface area contributed by atoms with Gasteiger partial charge in [0.1, 0.15) is 11.9 Å². The van der Waals surface area contributed by atoms with Crippen LogP contribution in [0.15, 0.2) is 42.0 Å². The predicted molar refractivity (Wildman–Crippen MR) is 119 cm³/mol. The molecule has 1 fully saturated rings. The van der Waals surface area contributed by atoms with Crippen LogP contribution in [0.1, 0.15) is 23.1 Å². The Bertz CT molecular complexity index is 1120. The summed E-state index contributed by atoms with van der Waals surface area (Å²) in [5.41, 5.74) is 14.6. The van der Waals surface area contributed by atoms with Crippen molar-refractivity contribution >= 4 is 5.70 Å². The summed E-state index contributed by atoms with van der Waals surface area (Å²) in [5, 5.41) is 12.4. The zero-order valence-corrected chi connectivity index (χ0v) is 18.4. The number of halogens is 2. The highest BCUT2D eigenvalue weighted by molar-refractivity contribution is 5.70. The van der Waals surface area contributed by atoms with Crippen molar-refractivity contribution < 1.29 is 23.4 Å². The number of methoxy groups -OCH3 is 1. The number of nitrogens with one attached hydrogen (secondary N) is 1. The Labute approximate surface area is 190 Å². The summed E-state index contributed by atoms with van der Waals surface area (Å²) >= 11 is 0. The van der Waals surface area contributed by atoms with Crippen LogP contribution >= 0.6 is 0 Å². The summed E-state index contributed by atoms with van der Waals surface area (Å²) in [7, 11) is 1.38. The van der Waals surface area contributed by atoms with E-state index in [1.165, 1.54) is 19.4 Å². The van der Waals surface area contributed by atoms with Gasteiger partial charge in [-0.3, -0.25) is 0 Å². The first kappa shape index (κ1) is 22.7.